The summed E-state index contributed by atoms with van der Waals surface area (Å²) in [5.41, 5.74) is 0.840. The van der Waals surface area contributed by atoms with Crippen molar-refractivity contribution in [2.75, 3.05) is 25.2 Å². The Morgan fingerprint density at radius 1 is 1.42 bits per heavy atom. The monoisotopic (exact) mass is 260 g/mol. The highest BCUT2D eigenvalue weighted by molar-refractivity contribution is 5.93. The number of nitrogens with zero attached hydrogens (tertiary/aromatic N) is 2. The molecule has 1 rings (SSSR count). The molecule has 0 aliphatic heterocycles. The molecule has 0 radical (unpaired) electrons. The van der Waals surface area contributed by atoms with E-state index in [1.807, 2.05) is 37.3 Å². The zero-order chi connectivity index (χ0) is 14.1. The summed E-state index contributed by atoms with van der Waals surface area (Å²) in [4.78, 5) is 14.0. The molecule has 19 heavy (non-hydrogen) atoms. The van der Waals surface area contributed by atoms with Crippen molar-refractivity contribution >= 4 is 11.6 Å². The Morgan fingerprint density at radius 2 is 2.11 bits per heavy atom. The van der Waals surface area contributed by atoms with E-state index in [0.717, 1.165) is 5.69 Å². The van der Waals surface area contributed by atoms with Crippen molar-refractivity contribution in [2.24, 2.45) is 5.92 Å². The van der Waals surface area contributed by atoms with Crippen LogP contribution in [0.4, 0.5) is 5.69 Å². The summed E-state index contributed by atoms with van der Waals surface area (Å²) in [6.07, 6.45) is 0.757. The first-order chi connectivity index (χ1) is 9.19. The van der Waals surface area contributed by atoms with Crippen LogP contribution in [0.2, 0.25) is 0 Å². The van der Waals surface area contributed by atoms with Gasteiger partial charge in [0, 0.05) is 32.4 Å². The number of nitriles is 1. The fourth-order valence-corrected chi connectivity index (χ4v) is 1.92. The first-order valence-corrected chi connectivity index (χ1v) is 6.40. The second kappa shape index (κ2) is 8.28. The van der Waals surface area contributed by atoms with Gasteiger partial charge in [-0.3, -0.25) is 4.79 Å². The number of benzene rings is 1. The number of methoxy groups -OCH3 is 1. The van der Waals surface area contributed by atoms with Crippen molar-refractivity contribution in [1.29, 1.82) is 5.26 Å². The molecular formula is C15H20N2O2. The van der Waals surface area contributed by atoms with Crippen LogP contribution in [-0.2, 0) is 9.53 Å². The van der Waals surface area contributed by atoms with Crippen LogP contribution < -0.4 is 4.90 Å². The topological polar surface area (TPSA) is 53.3 Å². The molecule has 0 aliphatic rings. The highest BCUT2D eigenvalue weighted by Crippen LogP contribution is 2.17. The van der Waals surface area contributed by atoms with E-state index in [2.05, 4.69) is 6.07 Å². The van der Waals surface area contributed by atoms with Crippen LogP contribution in [0, 0.1) is 17.2 Å². The van der Waals surface area contributed by atoms with Gasteiger partial charge < -0.3 is 9.64 Å². The van der Waals surface area contributed by atoms with Crippen molar-refractivity contribution in [3.63, 3.8) is 0 Å². The molecule has 1 amide bonds. The van der Waals surface area contributed by atoms with Crippen LogP contribution in [0.15, 0.2) is 30.3 Å². The molecular weight excluding hydrogens is 240 g/mol. The minimum atomic E-state index is 0.0333. The normalized spacial score (nSPS) is 11.6. The quantitative estimate of drug-likeness (QED) is 0.757. The molecule has 0 aliphatic carbocycles. The van der Waals surface area contributed by atoms with Gasteiger partial charge in [0.2, 0.25) is 5.91 Å². The number of rotatable bonds is 7. The maximum Gasteiger partial charge on any atom is 0.227 e. The molecule has 0 N–H and O–H groups in total. The number of carbonyl (C=O) groups excluding carboxylic acids is 1. The fraction of sp³-hybridized carbons (Fsp3) is 0.467. The predicted octanol–water partition coefficient (Wildman–Crippen LogP) is 2.61. The van der Waals surface area contributed by atoms with Crippen LogP contribution in [0.1, 0.15) is 19.8 Å². The predicted molar refractivity (Wildman–Crippen MR) is 74.7 cm³/mol. The minimum Gasteiger partial charge on any atom is -0.384 e. The van der Waals surface area contributed by atoms with E-state index in [1.54, 1.807) is 12.0 Å². The summed E-state index contributed by atoms with van der Waals surface area (Å²) < 4.78 is 5.05. The standard InChI is InChI=1S/C15H20N2O2/c1-13(12-19-2)11-15(18)17(10-6-9-16)14-7-4-3-5-8-14/h3-5,7-8,13H,6,10-12H2,1-2H3. The van der Waals surface area contributed by atoms with Gasteiger partial charge in [-0.25, -0.2) is 0 Å². The maximum absolute atomic E-state index is 12.3. The molecule has 0 bridgehead atoms. The summed E-state index contributed by atoms with van der Waals surface area (Å²) in [5, 5.41) is 8.70. The number of ether oxygens (including phenoxy) is 1. The Bertz CT molecular complexity index is 426. The molecule has 0 heterocycles. The van der Waals surface area contributed by atoms with Gasteiger partial charge in [0.05, 0.1) is 12.5 Å². The average molecular weight is 260 g/mol. The zero-order valence-corrected chi connectivity index (χ0v) is 11.5. The Labute approximate surface area is 114 Å². The van der Waals surface area contributed by atoms with E-state index in [4.69, 9.17) is 10.00 Å². The smallest absolute Gasteiger partial charge is 0.227 e. The lowest BCUT2D eigenvalue weighted by Crippen LogP contribution is -2.33. The maximum atomic E-state index is 12.3. The highest BCUT2D eigenvalue weighted by atomic mass is 16.5. The molecule has 0 saturated carbocycles. The van der Waals surface area contributed by atoms with E-state index in [-0.39, 0.29) is 11.8 Å². The molecule has 0 aromatic heterocycles. The van der Waals surface area contributed by atoms with Crippen molar-refractivity contribution in [2.45, 2.75) is 19.8 Å². The molecule has 1 unspecified atom stereocenters. The van der Waals surface area contributed by atoms with Gasteiger partial charge in [0.15, 0.2) is 0 Å². The molecule has 0 spiro atoms. The van der Waals surface area contributed by atoms with Crippen LogP contribution in [0.25, 0.3) is 0 Å². The molecule has 1 atom stereocenters. The largest absolute Gasteiger partial charge is 0.384 e. The Balaban J connectivity index is 2.74. The van der Waals surface area contributed by atoms with Crippen molar-refractivity contribution in [3.8, 4) is 6.07 Å². The second-order valence-corrected chi connectivity index (χ2v) is 4.55. The third-order valence-corrected chi connectivity index (χ3v) is 2.79. The number of hydrogen-bond acceptors (Lipinski definition) is 3. The van der Waals surface area contributed by atoms with E-state index < -0.39 is 0 Å². The minimum absolute atomic E-state index is 0.0333. The van der Waals surface area contributed by atoms with Crippen LogP contribution in [-0.4, -0.2) is 26.2 Å². The fourth-order valence-electron chi connectivity index (χ4n) is 1.92. The van der Waals surface area contributed by atoms with Crippen molar-refractivity contribution in [3.05, 3.63) is 30.3 Å². The Morgan fingerprint density at radius 3 is 2.68 bits per heavy atom. The first kappa shape index (κ1) is 15.2. The number of para-hydroxylation sites is 1. The van der Waals surface area contributed by atoms with Gasteiger partial charge in [-0.05, 0) is 18.1 Å². The van der Waals surface area contributed by atoms with Gasteiger partial charge in [-0.2, -0.15) is 5.26 Å². The molecule has 1 aromatic carbocycles. The van der Waals surface area contributed by atoms with E-state index in [0.29, 0.717) is 26.0 Å². The van der Waals surface area contributed by atoms with Gasteiger partial charge in [0.1, 0.15) is 0 Å². The summed E-state index contributed by atoms with van der Waals surface area (Å²) >= 11 is 0. The average Bonchev–Trinajstić information content (AvgIpc) is 2.40. The third kappa shape index (κ3) is 5.11. The van der Waals surface area contributed by atoms with E-state index >= 15 is 0 Å². The van der Waals surface area contributed by atoms with Gasteiger partial charge in [-0.15, -0.1) is 0 Å². The van der Waals surface area contributed by atoms with E-state index in [1.165, 1.54) is 0 Å². The SMILES string of the molecule is COCC(C)CC(=O)N(CCC#N)c1ccccc1. The highest BCUT2D eigenvalue weighted by Gasteiger charge is 2.17. The molecule has 102 valence electrons. The lowest BCUT2D eigenvalue weighted by Gasteiger charge is -2.23. The summed E-state index contributed by atoms with van der Waals surface area (Å²) in [7, 11) is 1.63. The molecule has 4 heteroatoms. The zero-order valence-electron chi connectivity index (χ0n) is 11.5. The molecule has 1 aromatic rings. The second-order valence-electron chi connectivity index (χ2n) is 4.55. The van der Waals surface area contributed by atoms with Gasteiger partial charge in [0.25, 0.3) is 0 Å². The first-order valence-electron chi connectivity index (χ1n) is 6.40. The molecule has 0 fully saturated rings. The number of carbonyl (C=O) groups is 1. The van der Waals surface area contributed by atoms with Crippen LogP contribution in [0.5, 0.6) is 0 Å². The number of anilines is 1. The summed E-state index contributed by atoms with van der Waals surface area (Å²) in [5.74, 6) is 0.205. The van der Waals surface area contributed by atoms with Gasteiger partial charge >= 0.3 is 0 Å². The van der Waals surface area contributed by atoms with E-state index in [9.17, 15) is 4.79 Å². The Hall–Kier alpha value is -1.86. The van der Waals surface area contributed by atoms with Crippen molar-refractivity contribution in [1.82, 2.24) is 0 Å². The number of hydrogen-bond donors (Lipinski definition) is 0. The third-order valence-electron chi connectivity index (χ3n) is 2.79. The molecule has 0 saturated heterocycles. The summed E-state index contributed by atoms with van der Waals surface area (Å²) in [6.45, 7) is 2.97. The lowest BCUT2D eigenvalue weighted by atomic mass is 10.1. The summed E-state index contributed by atoms with van der Waals surface area (Å²) in [6, 6.07) is 11.5. The van der Waals surface area contributed by atoms with Crippen molar-refractivity contribution < 1.29 is 9.53 Å². The van der Waals surface area contributed by atoms with Crippen LogP contribution in [0.3, 0.4) is 0 Å². The van der Waals surface area contributed by atoms with Crippen LogP contribution >= 0.6 is 0 Å². The Kier molecular flexibility index (Phi) is 6.62. The molecule has 4 nitrogen and oxygen atoms in total. The lowest BCUT2D eigenvalue weighted by molar-refractivity contribution is -0.119. The number of amides is 1. The van der Waals surface area contributed by atoms with Gasteiger partial charge in [-0.1, -0.05) is 25.1 Å².